The summed E-state index contributed by atoms with van der Waals surface area (Å²) in [4.78, 5) is 2.68. The monoisotopic (exact) mass is 739 g/mol. The smallest absolute Gasteiger partial charge is 0.0543 e. The lowest BCUT2D eigenvalue weighted by molar-refractivity contribution is 0.420. The van der Waals surface area contributed by atoms with Gasteiger partial charge in [-0.3, -0.25) is 0 Å². The Labute approximate surface area is 339 Å². The summed E-state index contributed by atoms with van der Waals surface area (Å²) in [5.41, 5.74) is 17.3. The quantitative estimate of drug-likeness (QED) is 0.157. The highest BCUT2D eigenvalue weighted by atomic mass is 15.1. The fourth-order valence-electron chi connectivity index (χ4n) is 11.7. The Morgan fingerprint density at radius 1 is 0.491 bits per heavy atom. The zero-order chi connectivity index (χ0) is 38.1. The van der Waals surface area contributed by atoms with Crippen LogP contribution in [0.1, 0.15) is 106 Å². The third-order valence-corrected chi connectivity index (χ3v) is 14.7. The van der Waals surface area contributed by atoms with E-state index in [2.05, 4.69) is 170 Å². The second kappa shape index (κ2) is 13.9. The number of nitrogens with zero attached hydrogens (tertiary/aromatic N) is 1. The Kier molecular flexibility index (Phi) is 8.50. The first-order valence-electron chi connectivity index (χ1n) is 21.9. The van der Waals surface area contributed by atoms with Gasteiger partial charge < -0.3 is 4.90 Å². The lowest BCUT2D eigenvalue weighted by Crippen LogP contribution is -2.19. The van der Waals surface area contributed by atoms with Gasteiger partial charge in [-0.1, -0.05) is 149 Å². The molecule has 2 bridgehead atoms. The molecule has 0 radical (unpaired) electrons. The van der Waals surface area contributed by atoms with E-state index in [1.54, 1.807) is 5.56 Å². The molecular weight excluding hydrogens is 687 g/mol. The molecule has 1 heteroatoms. The Morgan fingerprint density at radius 3 is 1.88 bits per heavy atom. The summed E-state index contributed by atoms with van der Waals surface area (Å²) in [6.45, 7) is 4.87. The standard InChI is InChI=1S/C56H53N/c1-56(2)52-29-26-44(38-14-6-3-7-15-38)33-50(52)51-35-49(40-18-10-5-11-19-40)55(36-53(51)56)57(46-27-24-41(25-28-46)47-31-37-22-23-45(47)30-37)54-34-43-21-13-12-20-42(43)32-48(54)39-16-8-4-9-17-39/h3,5-7,10-15,18-21,24-29,32-37,39,45,47H,4,8-9,16-17,22-23,30-31H2,1-2H3. The van der Waals surface area contributed by atoms with E-state index >= 15 is 0 Å². The fraction of sp³-hybridized carbons (Fsp3) is 0.286. The molecule has 282 valence electrons. The minimum absolute atomic E-state index is 0.156. The van der Waals surface area contributed by atoms with Gasteiger partial charge in [0, 0.05) is 16.7 Å². The van der Waals surface area contributed by atoms with Gasteiger partial charge in [0.15, 0.2) is 0 Å². The number of anilines is 3. The van der Waals surface area contributed by atoms with Gasteiger partial charge in [-0.15, -0.1) is 0 Å². The van der Waals surface area contributed by atoms with Gasteiger partial charge in [0.05, 0.1) is 11.4 Å². The first kappa shape index (κ1) is 34.8. The van der Waals surface area contributed by atoms with Crippen molar-refractivity contribution >= 4 is 27.8 Å². The zero-order valence-corrected chi connectivity index (χ0v) is 33.6. The molecule has 4 aliphatic rings. The van der Waals surface area contributed by atoms with Gasteiger partial charge in [-0.25, -0.2) is 0 Å². The minimum Gasteiger partial charge on any atom is -0.310 e. The summed E-state index contributed by atoms with van der Waals surface area (Å²) in [5.74, 6) is 3.05. The molecule has 3 unspecified atom stereocenters. The normalized spacial score (nSPS) is 20.8. The first-order chi connectivity index (χ1) is 28.0. The summed E-state index contributed by atoms with van der Waals surface area (Å²) >= 11 is 0. The number of hydrogen-bond acceptors (Lipinski definition) is 1. The maximum atomic E-state index is 2.68. The van der Waals surface area contributed by atoms with E-state index in [4.69, 9.17) is 0 Å². The van der Waals surface area contributed by atoms with Crippen molar-refractivity contribution in [2.24, 2.45) is 11.8 Å². The molecule has 0 spiro atoms. The molecule has 3 fully saturated rings. The van der Waals surface area contributed by atoms with E-state index in [9.17, 15) is 0 Å². The molecule has 7 aromatic rings. The van der Waals surface area contributed by atoms with Crippen LogP contribution in [0.25, 0.3) is 44.2 Å². The second-order valence-corrected chi connectivity index (χ2v) is 18.3. The van der Waals surface area contributed by atoms with Crippen LogP contribution in [0.15, 0.2) is 152 Å². The Bertz CT molecular complexity index is 2590. The maximum absolute atomic E-state index is 2.68. The van der Waals surface area contributed by atoms with Crippen LogP contribution in [0, 0.1) is 11.8 Å². The zero-order valence-electron chi connectivity index (χ0n) is 33.6. The van der Waals surface area contributed by atoms with Crippen LogP contribution in [0.3, 0.4) is 0 Å². The van der Waals surface area contributed by atoms with Crippen molar-refractivity contribution in [3.05, 3.63) is 174 Å². The van der Waals surface area contributed by atoms with Crippen molar-refractivity contribution in [3.63, 3.8) is 0 Å². The van der Waals surface area contributed by atoms with E-state index < -0.39 is 0 Å². The van der Waals surface area contributed by atoms with E-state index in [0.717, 1.165) is 11.8 Å². The molecule has 3 saturated carbocycles. The molecule has 7 aromatic carbocycles. The topological polar surface area (TPSA) is 3.24 Å². The third-order valence-electron chi connectivity index (χ3n) is 14.7. The summed E-state index contributed by atoms with van der Waals surface area (Å²) in [6, 6.07) is 58.4. The summed E-state index contributed by atoms with van der Waals surface area (Å²) < 4.78 is 0. The van der Waals surface area contributed by atoms with Crippen molar-refractivity contribution in [2.45, 2.75) is 88.9 Å². The summed E-state index contributed by atoms with van der Waals surface area (Å²) in [5, 5.41) is 2.65. The Balaban J connectivity index is 1.16. The van der Waals surface area contributed by atoms with E-state index in [-0.39, 0.29) is 5.41 Å². The Morgan fingerprint density at radius 2 is 1.18 bits per heavy atom. The maximum Gasteiger partial charge on any atom is 0.0543 e. The average Bonchev–Trinajstić information content (AvgIpc) is 3.97. The molecule has 0 aliphatic heterocycles. The molecule has 1 nitrogen and oxygen atoms in total. The molecule has 0 heterocycles. The fourth-order valence-corrected chi connectivity index (χ4v) is 11.7. The number of fused-ring (bicyclic) bond motifs is 6. The lowest BCUT2D eigenvalue weighted by atomic mass is 9.80. The van der Waals surface area contributed by atoms with Crippen LogP contribution in [-0.2, 0) is 5.41 Å². The van der Waals surface area contributed by atoms with Crippen molar-refractivity contribution in [3.8, 4) is 33.4 Å². The van der Waals surface area contributed by atoms with Crippen molar-refractivity contribution in [2.75, 3.05) is 4.90 Å². The molecule has 3 atom stereocenters. The predicted molar refractivity (Wildman–Crippen MR) is 241 cm³/mol. The van der Waals surface area contributed by atoms with Crippen LogP contribution < -0.4 is 4.90 Å². The molecular formula is C56H53N. The summed E-state index contributed by atoms with van der Waals surface area (Å²) in [7, 11) is 0. The van der Waals surface area contributed by atoms with E-state index in [0.29, 0.717) is 11.8 Å². The van der Waals surface area contributed by atoms with Crippen molar-refractivity contribution < 1.29 is 0 Å². The highest BCUT2D eigenvalue weighted by Gasteiger charge is 2.41. The van der Waals surface area contributed by atoms with Crippen molar-refractivity contribution in [1.29, 1.82) is 0 Å². The van der Waals surface area contributed by atoms with Gasteiger partial charge in [0.2, 0.25) is 0 Å². The highest BCUT2D eigenvalue weighted by Crippen LogP contribution is 2.56. The molecule has 11 rings (SSSR count). The molecule has 0 N–H and O–H groups in total. The first-order valence-corrected chi connectivity index (χ1v) is 21.9. The highest BCUT2D eigenvalue weighted by molar-refractivity contribution is 5.98. The van der Waals surface area contributed by atoms with Gasteiger partial charge >= 0.3 is 0 Å². The van der Waals surface area contributed by atoms with Crippen LogP contribution in [0.4, 0.5) is 17.1 Å². The van der Waals surface area contributed by atoms with Crippen LogP contribution in [0.5, 0.6) is 0 Å². The number of rotatable bonds is 7. The molecule has 57 heavy (non-hydrogen) atoms. The van der Waals surface area contributed by atoms with Crippen LogP contribution in [0.2, 0.25) is 0 Å². The van der Waals surface area contributed by atoms with Gasteiger partial charge in [-0.2, -0.15) is 0 Å². The second-order valence-electron chi connectivity index (χ2n) is 18.3. The van der Waals surface area contributed by atoms with Crippen molar-refractivity contribution in [1.82, 2.24) is 0 Å². The number of hydrogen-bond donors (Lipinski definition) is 0. The Hall–Kier alpha value is -5.40. The van der Waals surface area contributed by atoms with Crippen LogP contribution >= 0.6 is 0 Å². The van der Waals surface area contributed by atoms with Gasteiger partial charge in [0.25, 0.3) is 0 Å². The van der Waals surface area contributed by atoms with Crippen LogP contribution in [-0.4, -0.2) is 0 Å². The summed E-state index contributed by atoms with van der Waals surface area (Å²) in [6.07, 6.45) is 12.1. The average molecular weight is 740 g/mol. The molecule has 0 aromatic heterocycles. The SMILES string of the molecule is CC1(C)c2ccc(-c3ccccc3)cc2-c2cc(-c3ccccc3)c(N(c3ccc(C4CC5CCC4C5)cc3)c3cc4ccccc4cc3C3CCCCC3)cc21. The van der Waals surface area contributed by atoms with E-state index in [1.807, 2.05) is 0 Å². The number of benzene rings is 7. The lowest BCUT2D eigenvalue weighted by Gasteiger charge is -2.34. The molecule has 0 amide bonds. The third kappa shape index (κ3) is 5.96. The van der Waals surface area contributed by atoms with E-state index in [1.165, 1.54) is 136 Å². The predicted octanol–water partition coefficient (Wildman–Crippen LogP) is 15.9. The van der Waals surface area contributed by atoms with Gasteiger partial charge in [0.1, 0.15) is 0 Å². The minimum atomic E-state index is -0.156. The van der Waals surface area contributed by atoms with Gasteiger partial charge in [-0.05, 0) is 159 Å². The molecule has 0 saturated heterocycles. The largest absolute Gasteiger partial charge is 0.310 e. The molecule has 4 aliphatic carbocycles.